The SMILES string of the molecule is CC1(C)[C@H]2CC[C@]1(C)C[C@@H]2C(=O)Oc1ccccc1. The van der Waals surface area contributed by atoms with E-state index in [9.17, 15) is 4.79 Å². The first kappa shape index (κ1) is 12.7. The predicted octanol–water partition coefficient (Wildman–Crippen LogP) is 4.05. The second kappa shape index (κ2) is 4.09. The van der Waals surface area contributed by atoms with E-state index in [2.05, 4.69) is 20.8 Å². The zero-order valence-electron chi connectivity index (χ0n) is 12.0. The Bertz CT molecular complexity index is 488. The molecule has 0 spiro atoms. The highest BCUT2D eigenvalue weighted by atomic mass is 16.5. The molecular formula is C17H22O2. The van der Waals surface area contributed by atoms with E-state index in [0.717, 1.165) is 12.8 Å². The van der Waals surface area contributed by atoms with Crippen molar-refractivity contribution in [2.45, 2.75) is 40.0 Å². The maximum absolute atomic E-state index is 12.4. The van der Waals surface area contributed by atoms with Crippen LogP contribution < -0.4 is 4.74 Å². The molecule has 2 fully saturated rings. The van der Waals surface area contributed by atoms with Gasteiger partial charge in [-0.25, -0.2) is 0 Å². The molecule has 3 rings (SSSR count). The summed E-state index contributed by atoms with van der Waals surface area (Å²) < 4.78 is 5.55. The quantitative estimate of drug-likeness (QED) is 0.591. The van der Waals surface area contributed by atoms with Gasteiger partial charge in [0.05, 0.1) is 5.92 Å². The van der Waals surface area contributed by atoms with Crippen molar-refractivity contribution >= 4 is 5.97 Å². The molecule has 3 atom stereocenters. The van der Waals surface area contributed by atoms with Gasteiger partial charge in [-0.05, 0) is 48.1 Å². The molecule has 2 heteroatoms. The minimum absolute atomic E-state index is 0.0345. The smallest absolute Gasteiger partial charge is 0.314 e. The predicted molar refractivity (Wildman–Crippen MR) is 74.8 cm³/mol. The molecule has 2 bridgehead atoms. The first-order chi connectivity index (χ1) is 8.94. The van der Waals surface area contributed by atoms with Crippen LogP contribution in [-0.4, -0.2) is 5.97 Å². The molecule has 102 valence electrons. The van der Waals surface area contributed by atoms with E-state index in [1.807, 2.05) is 30.3 Å². The number of rotatable bonds is 2. The fraction of sp³-hybridized carbons (Fsp3) is 0.588. The topological polar surface area (TPSA) is 26.3 Å². The first-order valence-electron chi connectivity index (χ1n) is 7.21. The molecule has 2 nitrogen and oxygen atoms in total. The lowest BCUT2D eigenvalue weighted by atomic mass is 9.71. The van der Waals surface area contributed by atoms with Gasteiger partial charge in [-0.15, -0.1) is 0 Å². The van der Waals surface area contributed by atoms with Gasteiger partial charge >= 0.3 is 5.97 Å². The second-order valence-electron chi connectivity index (χ2n) is 6.97. The molecule has 2 saturated carbocycles. The molecule has 0 radical (unpaired) electrons. The van der Waals surface area contributed by atoms with Gasteiger partial charge in [0.15, 0.2) is 0 Å². The van der Waals surface area contributed by atoms with Gasteiger partial charge in [0.2, 0.25) is 0 Å². The summed E-state index contributed by atoms with van der Waals surface area (Å²) in [6.45, 7) is 6.98. The standard InChI is InChI=1S/C17H22O2/c1-16(2)14-9-10-17(16,3)11-13(14)15(18)19-12-7-5-4-6-8-12/h4-8,13-14H,9-11H2,1-3H3/t13-,14-,17+/m0/s1. The second-order valence-corrected chi connectivity index (χ2v) is 6.97. The van der Waals surface area contributed by atoms with Crippen LogP contribution in [0.4, 0.5) is 0 Å². The van der Waals surface area contributed by atoms with Gasteiger partial charge in [0, 0.05) is 0 Å². The zero-order valence-corrected chi connectivity index (χ0v) is 12.0. The van der Waals surface area contributed by atoms with Crippen LogP contribution in [0.15, 0.2) is 30.3 Å². The van der Waals surface area contributed by atoms with Gasteiger partial charge in [0.1, 0.15) is 5.75 Å². The number of hydrogen-bond acceptors (Lipinski definition) is 2. The lowest BCUT2D eigenvalue weighted by Crippen LogP contribution is -2.28. The van der Waals surface area contributed by atoms with Crippen LogP contribution in [0.3, 0.4) is 0 Å². The fourth-order valence-corrected chi connectivity index (χ4v) is 4.23. The summed E-state index contributed by atoms with van der Waals surface area (Å²) in [5, 5.41) is 0. The van der Waals surface area contributed by atoms with Crippen molar-refractivity contribution in [3.63, 3.8) is 0 Å². The molecular weight excluding hydrogens is 236 g/mol. The molecule has 0 unspecified atom stereocenters. The van der Waals surface area contributed by atoms with E-state index in [4.69, 9.17) is 4.74 Å². The Kier molecular flexibility index (Phi) is 2.74. The monoisotopic (exact) mass is 258 g/mol. The number of ether oxygens (including phenoxy) is 1. The summed E-state index contributed by atoms with van der Waals surface area (Å²) in [6.07, 6.45) is 3.40. The summed E-state index contributed by atoms with van der Waals surface area (Å²) in [4.78, 5) is 12.4. The molecule has 1 aromatic carbocycles. The normalized spacial score (nSPS) is 35.3. The number of hydrogen-bond donors (Lipinski definition) is 0. The van der Waals surface area contributed by atoms with Gasteiger partial charge in [-0.1, -0.05) is 39.0 Å². The lowest BCUT2D eigenvalue weighted by Gasteiger charge is -2.34. The highest BCUT2D eigenvalue weighted by Gasteiger charge is 2.62. The van der Waals surface area contributed by atoms with Crippen molar-refractivity contribution < 1.29 is 9.53 Å². The van der Waals surface area contributed by atoms with Crippen LogP contribution in [0.2, 0.25) is 0 Å². The average molecular weight is 258 g/mol. The van der Waals surface area contributed by atoms with Crippen molar-refractivity contribution in [3.05, 3.63) is 30.3 Å². The molecule has 0 N–H and O–H groups in total. The van der Waals surface area contributed by atoms with Crippen LogP contribution in [0.5, 0.6) is 5.75 Å². The largest absolute Gasteiger partial charge is 0.426 e. The van der Waals surface area contributed by atoms with Gasteiger partial charge < -0.3 is 4.74 Å². The van der Waals surface area contributed by atoms with E-state index in [0.29, 0.717) is 17.1 Å². The summed E-state index contributed by atoms with van der Waals surface area (Å²) >= 11 is 0. The Morgan fingerprint density at radius 1 is 1.21 bits per heavy atom. The number of esters is 1. The van der Waals surface area contributed by atoms with Crippen molar-refractivity contribution in [3.8, 4) is 5.75 Å². The fourth-order valence-electron chi connectivity index (χ4n) is 4.23. The van der Waals surface area contributed by atoms with Crippen molar-refractivity contribution in [1.29, 1.82) is 0 Å². The van der Waals surface area contributed by atoms with Crippen LogP contribution in [0.25, 0.3) is 0 Å². The molecule has 0 aromatic heterocycles. The number of carbonyl (C=O) groups excluding carboxylic acids is 1. The van der Waals surface area contributed by atoms with Crippen molar-refractivity contribution in [2.24, 2.45) is 22.7 Å². The maximum Gasteiger partial charge on any atom is 0.314 e. The van der Waals surface area contributed by atoms with Crippen molar-refractivity contribution in [2.75, 3.05) is 0 Å². The number of fused-ring (bicyclic) bond motifs is 2. The number of benzene rings is 1. The highest BCUT2D eigenvalue weighted by Crippen LogP contribution is 2.67. The third-order valence-corrected chi connectivity index (χ3v) is 5.91. The molecule has 19 heavy (non-hydrogen) atoms. The van der Waals surface area contributed by atoms with E-state index >= 15 is 0 Å². The van der Waals surface area contributed by atoms with E-state index < -0.39 is 0 Å². The molecule has 0 heterocycles. The maximum atomic E-state index is 12.4. The van der Waals surface area contributed by atoms with E-state index in [-0.39, 0.29) is 17.3 Å². The number of para-hydroxylation sites is 1. The van der Waals surface area contributed by atoms with Crippen LogP contribution >= 0.6 is 0 Å². The summed E-state index contributed by atoms with van der Waals surface area (Å²) in [5.74, 6) is 1.19. The zero-order chi connectivity index (χ0) is 13.7. The molecule has 2 aliphatic rings. The van der Waals surface area contributed by atoms with Crippen LogP contribution in [0.1, 0.15) is 40.0 Å². The number of carbonyl (C=O) groups is 1. The Hall–Kier alpha value is -1.31. The van der Waals surface area contributed by atoms with Gasteiger partial charge in [-0.3, -0.25) is 4.79 Å². The Labute approximate surface area is 115 Å². The Balaban J connectivity index is 1.77. The minimum atomic E-state index is -0.0345. The Morgan fingerprint density at radius 3 is 2.42 bits per heavy atom. The molecule has 1 aromatic rings. The third-order valence-electron chi connectivity index (χ3n) is 5.91. The van der Waals surface area contributed by atoms with E-state index in [1.165, 1.54) is 6.42 Å². The Morgan fingerprint density at radius 2 is 1.89 bits per heavy atom. The summed E-state index contributed by atoms with van der Waals surface area (Å²) in [6, 6.07) is 9.41. The first-order valence-corrected chi connectivity index (χ1v) is 7.21. The molecule has 0 aliphatic heterocycles. The minimum Gasteiger partial charge on any atom is -0.426 e. The highest BCUT2D eigenvalue weighted by molar-refractivity contribution is 5.76. The van der Waals surface area contributed by atoms with Crippen molar-refractivity contribution in [1.82, 2.24) is 0 Å². The van der Waals surface area contributed by atoms with Crippen LogP contribution in [0, 0.1) is 22.7 Å². The van der Waals surface area contributed by atoms with E-state index in [1.54, 1.807) is 0 Å². The average Bonchev–Trinajstić information content (AvgIpc) is 2.72. The van der Waals surface area contributed by atoms with Gasteiger partial charge in [-0.2, -0.15) is 0 Å². The van der Waals surface area contributed by atoms with Gasteiger partial charge in [0.25, 0.3) is 0 Å². The third kappa shape index (κ3) is 1.80. The summed E-state index contributed by atoms with van der Waals surface area (Å²) in [7, 11) is 0. The molecule has 0 saturated heterocycles. The van der Waals surface area contributed by atoms with Crippen LogP contribution in [-0.2, 0) is 4.79 Å². The lowest BCUT2D eigenvalue weighted by molar-refractivity contribution is -0.141. The summed E-state index contributed by atoms with van der Waals surface area (Å²) in [5.41, 5.74) is 0.561. The molecule has 2 aliphatic carbocycles. The molecule has 0 amide bonds.